The van der Waals surface area contributed by atoms with Crippen LogP contribution in [-0.4, -0.2) is 17.9 Å². The number of rotatable bonds is 8. The summed E-state index contributed by atoms with van der Waals surface area (Å²) in [5.41, 5.74) is 7.73. The fraction of sp³-hybridized carbons (Fsp3) is 0.619. The zero-order valence-electron chi connectivity index (χ0n) is 17.1. The molecule has 0 aliphatic heterocycles. The Morgan fingerprint density at radius 2 is 1.77 bits per heavy atom. The molecule has 5 nitrogen and oxygen atoms in total. The van der Waals surface area contributed by atoms with Crippen molar-refractivity contribution in [2.24, 2.45) is 11.1 Å². The van der Waals surface area contributed by atoms with Crippen LogP contribution in [0.5, 0.6) is 0 Å². The van der Waals surface area contributed by atoms with Crippen LogP contribution in [0.2, 0.25) is 0 Å². The second-order valence-corrected chi connectivity index (χ2v) is 8.18. The molecule has 0 aliphatic rings. The molecule has 0 fully saturated rings. The molecule has 1 rings (SSSR count). The summed E-state index contributed by atoms with van der Waals surface area (Å²) in [7, 11) is 0. The first kappa shape index (κ1) is 22.2. The molecule has 5 heteroatoms. The Balaban J connectivity index is 3.10. The van der Waals surface area contributed by atoms with E-state index < -0.39 is 11.5 Å². The SMILES string of the molecule is CCCCCC(C)c1cc(NC(=O)[C@H](C)N)ccc1NC(=O)C(C)(C)C. The topological polar surface area (TPSA) is 84.2 Å². The number of nitrogens with one attached hydrogen (secondary N) is 2. The fourth-order valence-electron chi connectivity index (χ4n) is 2.58. The first-order valence-corrected chi connectivity index (χ1v) is 9.58. The molecule has 2 amide bonds. The van der Waals surface area contributed by atoms with E-state index in [1.165, 1.54) is 12.8 Å². The lowest BCUT2D eigenvalue weighted by Crippen LogP contribution is -2.32. The molecule has 0 heterocycles. The van der Waals surface area contributed by atoms with Crippen LogP contribution >= 0.6 is 0 Å². The summed E-state index contributed by atoms with van der Waals surface area (Å²) in [5, 5.41) is 5.89. The largest absolute Gasteiger partial charge is 0.325 e. The summed E-state index contributed by atoms with van der Waals surface area (Å²) in [6, 6.07) is 5.06. The van der Waals surface area contributed by atoms with Crippen LogP contribution in [-0.2, 0) is 9.59 Å². The van der Waals surface area contributed by atoms with Crippen LogP contribution in [0.4, 0.5) is 11.4 Å². The molecule has 0 aromatic heterocycles. The van der Waals surface area contributed by atoms with E-state index in [9.17, 15) is 9.59 Å². The fourth-order valence-corrected chi connectivity index (χ4v) is 2.58. The van der Waals surface area contributed by atoms with Crippen LogP contribution in [0.15, 0.2) is 18.2 Å². The molecule has 0 spiro atoms. The van der Waals surface area contributed by atoms with Crippen molar-refractivity contribution in [2.75, 3.05) is 10.6 Å². The maximum absolute atomic E-state index is 12.4. The maximum Gasteiger partial charge on any atom is 0.240 e. The molecule has 1 aromatic rings. The van der Waals surface area contributed by atoms with Gasteiger partial charge in [-0.2, -0.15) is 0 Å². The molecule has 1 unspecified atom stereocenters. The quantitative estimate of drug-likeness (QED) is 0.590. The van der Waals surface area contributed by atoms with Gasteiger partial charge in [-0.15, -0.1) is 0 Å². The van der Waals surface area contributed by atoms with Crippen molar-refractivity contribution in [1.29, 1.82) is 0 Å². The Labute approximate surface area is 158 Å². The summed E-state index contributed by atoms with van der Waals surface area (Å²) in [6.07, 6.45) is 4.54. The lowest BCUT2D eigenvalue weighted by Gasteiger charge is -2.22. The Bertz CT molecular complexity index is 618. The van der Waals surface area contributed by atoms with E-state index in [2.05, 4.69) is 24.5 Å². The number of unbranched alkanes of at least 4 members (excludes halogenated alkanes) is 2. The number of hydrogen-bond acceptors (Lipinski definition) is 3. The van der Waals surface area contributed by atoms with Gasteiger partial charge in [-0.1, -0.05) is 53.9 Å². The lowest BCUT2D eigenvalue weighted by atomic mass is 9.91. The van der Waals surface area contributed by atoms with Crippen molar-refractivity contribution >= 4 is 23.2 Å². The molecule has 0 saturated carbocycles. The molecule has 4 N–H and O–H groups in total. The monoisotopic (exact) mass is 361 g/mol. The first-order valence-electron chi connectivity index (χ1n) is 9.58. The van der Waals surface area contributed by atoms with Crippen molar-refractivity contribution in [3.63, 3.8) is 0 Å². The highest BCUT2D eigenvalue weighted by Crippen LogP contribution is 2.32. The minimum Gasteiger partial charge on any atom is -0.325 e. The second kappa shape index (κ2) is 9.72. The number of benzene rings is 1. The van der Waals surface area contributed by atoms with Crippen LogP contribution in [0.25, 0.3) is 0 Å². The van der Waals surface area contributed by atoms with Crippen LogP contribution < -0.4 is 16.4 Å². The molecule has 2 atom stereocenters. The van der Waals surface area contributed by atoms with Gasteiger partial charge in [0.2, 0.25) is 11.8 Å². The number of carbonyl (C=O) groups excluding carboxylic acids is 2. The highest BCUT2D eigenvalue weighted by Gasteiger charge is 2.23. The standard InChI is InChI=1S/C21H35N3O2/c1-7-8-9-10-14(2)17-13-16(23-19(25)15(3)22)11-12-18(17)24-20(26)21(4,5)6/h11-15H,7-10,22H2,1-6H3,(H,23,25)(H,24,26)/t14?,15-/m0/s1. The van der Waals surface area contributed by atoms with Gasteiger partial charge in [0.05, 0.1) is 6.04 Å². The molecular formula is C21H35N3O2. The third-order valence-corrected chi connectivity index (χ3v) is 4.43. The summed E-state index contributed by atoms with van der Waals surface area (Å²) >= 11 is 0. The first-order chi connectivity index (χ1) is 12.1. The van der Waals surface area contributed by atoms with Crippen molar-refractivity contribution in [2.45, 2.75) is 79.2 Å². The van der Waals surface area contributed by atoms with Crippen molar-refractivity contribution in [3.05, 3.63) is 23.8 Å². The number of carbonyl (C=O) groups is 2. The van der Waals surface area contributed by atoms with Gasteiger partial charge >= 0.3 is 0 Å². The third-order valence-electron chi connectivity index (χ3n) is 4.43. The van der Waals surface area contributed by atoms with Crippen LogP contribution in [0.1, 0.15) is 78.7 Å². The Hall–Kier alpha value is -1.88. The number of anilines is 2. The average molecular weight is 362 g/mol. The zero-order valence-corrected chi connectivity index (χ0v) is 17.1. The highest BCUT2D eigenvalue weighted by atomic mass is 16.2. The Morgan fingerprint density at radius 3 is 2.31 bits per heavy atom. The van der Waals surface area contributed by atoms with Crippen LogP contribution in [0.3, 0.4) is 0 Å². The third kappa shape index (κ3) is 6.79. The van der Waals surface area contributed by atoms with Crippen LogP contribution in [0, 0.1) is 5.41 Å². The zero-order chi connectivity index (χ0) is 19.9. The van der Waals surface area contributed by atoms with Gasteiger partial charge in [-0.3, -0.25) is 9.59 Å². The smallest absolute Gasteiger partial charge is 0.240 e. The van der Waals surface area contributed by atoms with Gasteiger partial charge in [0, 0.05) is 16.8 Å². The van der Waals surface area contributed by atoms with Crippen molar-refractivity contribution in [3.8, 4) is 0 Å². The normalized spacial score (nSPS) is 13.8. The Morgan fingerprint density at radius 1 is 1.12 bits per heavy atom. The molecule has 0 saturated heterocycles. The molecule has 26 heavy (non-hydrogen) atoms. The van der Waals surface area contributed by atoms with Gasteiger partial charge in [-0.25, -0.2) is 0 Å². The molecule has 0 radical (unpaired) electrons. The number of amides is 2. The summed E-state index contributed by atoms with van der Waals surface area (Å²) < 4.78 is 0. The van der Waals surface area contributed by atoms with E-state index >= 15 is 0 Å². The van der Waals surface area contributed by atoms with Gasteiger partial charge < -0.3 is 16.4 Å². The predicted molar refractivity (Wildman–Crippen MR) is 109 cm³/mol. The van der Waals surface area contributed by atoms with Gasteiger partial charge in [-0.05, 0) is 43.0 Å². The summed E-state index contributed by atoms with van der Waals surface area (Å²) in [4.78, 5) is 24.3. The van der Waals surface area contributed by atoms with Gasteiger partial charge in [0.15, 0.2) is 0 Å². The van der Waals surface area contributed by atoms with E-state index in [-0.39, 0.29) is 17.7 Å². The summed E-state index contributed by atoms with van der Waals surface area (Å²) in [6.45, 7) is 11.7. The van der Waals surface area contributed by atoms with E-state index in [0.717, 1.165) is 24.1 Å². The molecule has 1 aromatic carbocycles. The highest BCUT2D eigenvalue weighted by molar-refractivity contribution is 5.97. The van der Waals surface area contributed by atoms with E-state index in [1.54, 1.807) is 13.0 Å². The van der Waals surface area contributed by atoms with E-state index in [0.29, 0.717) is 5.69 Å². The molecular weight excluding hydrogens is 326 g/mol. The number of nitrogens with two attached hydrogens (primary N) is 1. The maximum atomic E-state index is 12.4. The van der Waals surface area contributed by atoms with Gasteiger partial charge in [0.25, 0.3) is 0 Å². The summed E-state index contributed by atoms with van der Waals surface area (Å²) in [5.74, 6) is 0.0388. The molecule has 0 aliphatic carbocycles. The van der Waals surface area contributed by atoms with Crippen molar-refractivity contribution in [1.82, 2.24) is 0 Å². The minimum absolute atomic E-state index is 0.0214. The molecule has 146 valence electrons. The second-order valence-electron chi connectivity index (χ2n) is 8.18. The average Bonchev–Trinajstić information content (AvgIpc) is 2.55. The van der Waals surface area contributed by atoms with Gasteiger partial charge in [0.1, 0.15) is 0 Å². The van der Waals surface area contributed by atoms with E-state index in [4.69, 9.17) is 5.73 Å². The lowest BCUT2D eigenvalue weighted by molar-refractivity contribution is -0.123. The molecule has 0 bridgehead atoms. The minimum atomic E-state index is -0.569. The Kier molecular flexibility index (Phi) is 8.28. The number of hydrogen-bond donors (Lipinski definition) is 3. The predicted octanol–water partition coefficient (Wildman–Crippen LogP) is 4.64. The van der Waals surface area contributed by atoms with E-state index in [1.807, 2.05) is 32.9 Å². The van der Waals surface area contributed by atoms with Crippen molar-refractivity contribution < 1.29 is 9.59 Å².